The first kappa shape index (κ1) is 17.2. The van der Waals surface area contributed by atoms with Crippen LogP contribution in [-0.2, 0) is 6.42 Å². The molecular weight excluding hydrogens is 363 g/mol. The lowest BCUT2D eigenvalue weighted by atomic mass is 9.88. The van der Waals surface area contributed by atoms with Gasteiger partial charge in [-0.25, -0.2) is 0 Å². The average molecular weight is 381 g/mol. The zero-order valence-electron chi connectivity index (χ0n) is 14.2. The maximum Gasteiger partial charge on any atom is 0.115 e. The molecule has 4 rings (SSSR count). The molecule has 0 aliphatic heterocycles. The summed E-state index contributed by atoms with van der Waals surface area (Å²) in [7, 11) is 0. The lowest BCUT2D eigenvalue weighted by Gasteiger charge is -2.17. The molecule has 0 amide bonds. The van der Waals surface area contributed by atoms with Gasteiger partial charge in [-0.2, -0.15) is 0 Å². The van der Waals surface area contributed by atoms with Gasteiger partial charge in [0, 0.05) is 10.0 Å². The summed E-state index contributed by atoms with van der Waals surface area (Å²) in [4.78, 5) is 0. The summed E-state index contributed by atoms with van der Waals surface area (Å²) in [5.41, 5.74) is 7.09. The minimum atomic E-state index is 0.266. The molecule has 26 heavy (non-hydrogen) atoms. The van der Waals surface area contributed by atoms with E-state index in [9.17, 15) is 5.11 Å². The van der Waals surface area contributed by atoms with Crippen LogP contribution in [0.3, 0.4) is 0 Å². The van der Waals surface area contributed by atoms with E-state index in [-0.39, 0.29) is 5.75 Å². The number of hydrogen-bond acceptors (Lipinski definition) is 1. The van der Waals surface area contributed by atoms with Gasteiger partial charge in [-0.15, -0.1) is 0 Å². The molecule has 0 atom stereocenters. The van der Waals surface area contributed by atoms with Crippen molar-refractivity contribution >= 4 is 34.3 Å². The van der Waals surface area contributed by atoms with Crippen molar-refractivity contribution in [2.45, 2.75) is 19.3 Å². The first-order chi connectivity index (χ1) is 12.6. The van der Waals surface area contributed by atoms with Crippen molar-refractivity contribution in [1.29, 1.82) is 0 Å². The van der Waals surface area contributed by atoms with E-state index in [2.05, 4.69) is 24.3 Å². The predicted octanol–water partition coefficient (Wildman–Crippen LogP) is 6.99. The van der Waals surface area contributed by atoms with Crippen LogP contribution in [0.4, 0.5) is 0 Å². The van der Waals surface area contributed by atoms with Gasteiger partial charge in [-0.1, -0.05) is 65.7 Å². The molecule has 1 N–H and O–H groups in total. The summed E-state index contributed by atoms with van der Waals surface area (Å²) < 4.78 is 0. The normalized spacial score (nSPS) is 14.1. The van der Waals surface area contributed by atoms with Gasteiger partial charge in [0.25, 0.3) is 0 Å². The van der Waals surface area contributed by atoms with Gasteiger partial charge in [-0.3, -0.25) is 0 Å². The van der Waals surface area contributed by atoms with Crippen LogP contribution in [0.1, 0.15) is 35.1 Å². The molecule has 1 aliphatic rings. The number of aryl methyl sites for hydroxylation is 1. The Kier molecular flexibility index (Phi) is 4.76. The van der Waals surface area contributed by atoms with Crippen molar-refractivity contribution in [1.82, 2.24) is 0 Å². The fraction of sp³-hybridized carbons (Fsp3) is 0.130. The van der Waals surface area contributed by atoms with Gasteiger partial charge >= 0.3 is 0 Å². The number of allylic oxidation sites excluding steroid dienone is 1. The third-order valence-electron chi connectivity index (χ3n) is 4.87. The van der Waals surface area contributed by atoms with E-state index in [1.165, 1.54) is 22.3 Å². The SMILES string of the molecule is Oc1ccc(C2=C(c3ccc(Cl)cc3Cl)CCCc3ccccc32)cc1. The highest BCUT2D eigenvalue weighted by atomic mass is 35.5. The minimum absolute atomic E-state index is 0.266. The number of fused-ring (bicyclic) bond motifs is 1. The summed E-state index contributed by atoms with van der Waals surface area (Å²) in [5.74, 6) is 0.266. The molecule has 0 unspecified atom stereocenters. The standard InChI is InChI=1S/C23H18Cl2O/c24-17-10-13-20(22(25)14-17)21-7-3-5-15-4-1-2-6-19(15)23(21)16-8-11-18(26)12-9-16/h1-2,4,6,8-14,26H,3,5,7H2. The van der Waals surface area contributed by atoms with E-state index in [4.69, 9.17) is 23.2 Å². The van der Waals surface area contributed by atoms with Crippen LogP contribution in [0.5, 0.6) is 5.75 Å². The molecule has 3 aromatic carbocycles. The van der Waals surface area contributed by atoms with Crippen molar-refractivity contribution in [3.8, 4) is 5.75 Å². The average Bonchev–Trinajstić information content (AvgIpc) is 2.82. The lowest BCUT2D eigenvalue weighted by molar-refractivity contribution is 0.475. The summed E-state index contributed by atoms with van der Waals surface area (Å²) >= 11 is 12.7. The number of aromatic hydroxyl groups is 1. The largest absolute Gasteiger partial charge is 0.508 e. The summed E-state index contributed by atoms with van der Waals surface area (Å²) in [6.45, 7) is 0. The molecule has 0 saturated carbocycles. The van der Waals surface area contributed by atoms with Crippen LogP contribution in [0.25, 0.3) is 11.1 Å². The molecule has 0 radical (unpaired) electrons. The van der Waals surface area contributed by atoms with Crippen LogP contribution in [0, 0.1) is 0 Å². The first-order valence-electron chi connectivity index (χ1n) is 8.70. The Morgan fingerprint density at radius 3 is 2.31 bits per heavy atom. The van der Waals surface area contributed by atoms with E-state index in [1.54, 1.807) is 18.2 Å². The Hall–Kier alpha value is -2.22. The molecule has 0 heterocycles. The second-order valence-electron chi connectivity index (χ2n) is 6.54. The maximum absolute atomic E-state index is 9.71. The number of phenols is 1. The molecule has 0 aromatic heterocycles. The van der Waals surface area contributed by atoms with Gasteiger partial charge in [-0.05, 0) is 76.9 Å². The number of halogens is 2. The highest BCUT2D eigenvalue weighted by Gasteiger charge is 2.21. The van der Waals surface area contributed by atoms with Gasteiger partial charge in [0.1, 0.15) is 5.75 Å². The zero-order chi connectivity index (χ0) is 18.1. The number of benzene rings is 3. The van der Waals surface area contributed by atoms with Crippen molar-refractivity contribution in [3.63, 3.8) is 0 Å². The fourth-order valence-electron chi connectivity index (χ4n) is 3.69. The van der Waals surface area contributed by atoms with Crippen molar-refractivity contribution in [2.24, 2.45) is 0 Å². The lowest BCUT2D eigenvalue weighted by Crippen LogP contribution is -1.96. The second-order valence-corrected chi connectivity index (χ2v) is 7.38. The Bertz CT molecular complexity index is 987. The molecule has 0 saturated heterocycles. The van der Waals surface area contributed by atoms with Gasteiger partial charge < -0.3 is 5.11 Å². The third-order valence-corrected chi connectivity index (χ3v) is 5.42. The smallest absolute Gasteiger partial charge is 0.115 e. The predicted molar refractivity (Wildman–Crippen MR) is 110 cm³/mol. The van der Waals surface area contributed by atoms with Crippen molar-refractivity contribution < 1.29 is 5.11 Å². The molecule has 130 valence electrons. The van der Waals surface area contributed by atoms with Crippen LogP contribution >= 0.6 is 23.2 Å². The van der Waals surface area contributed by atoms with Crippen molar-refractivity contribution in [2.75, 3.05) is 0 Å². The third kappa shape index (κ3) is 3.25. The highest BCUT2D eigenvalue weighted by Crippen LogP contribution is 2.42. The molecule has 3 heteroatoms. The number of hydrogen-bond donors (Lipinski definition) is 1. The van der Waals surface area contributed by atoms with Crippen LogP contribution in [-0.4, -0.2) is 5.11 Å². The van der Waals surface area contributed by atoms with E-state index in [1.807, 2.05) is 24.3 Å². The molecular formula is C23H18Cl2O. The second kappa shape index (κ2) is 7.19. The molecule has 0 bridgehead atoms. The van der Waals surface area contributed by atoms with E-state index < -0.39 is 0 Å². The van der Waals surface area contributed by atoms with E-state index in [0.29, 0.717) is 10.0 Å². The van der Waals surface area contributed by atoms with Gasteiger partial charge in [0.15, 0.2) is 0 Å². The summed E-state index contributed by atoms with van der Waals surface area (Å²) in [6, 6.07) is 21.6. The van der Waals surface area contributed by atoms with E-state index in [0.717, 1.165) is 30.4 Å². The molecule has 0 spiro atoms. The van der Waals surface area contributed by atoms with E-state index >= 15 is 0 Å². The Morgan fingerprint density at radius 2 is 1.54 bits per heavy atom. The molecule has 1 aliphatic carbocycles. The Balaban J connectivity index is 2.03. The molecule has 3 aromatic rings. The summed E-state index contributed by atoms with van der Waals surface area (Å²) in [6.07, 6.45) is 3.03. The van der Waals surface area contributed by atoms with Gasteiger partial charge in [0.05, 0.1) is 0 Å². The van der Waals surface area contributed by atoms with Crippen LogP contribution in [0.15, 0.2) is 66.7 Å². The zero-order valence-corrected chi connectivity index (χ0v) is 15.7. The highest BCUT2D eigenvalue weighted by molar-refractivity contribution is 6.36. The maximum atomic E-state index is 9.71. The molecule has 1 nitrogen and oxygen atoms in total. The Labute approximate surface area is 163 Å². The van der Waals surface area contributed by atoms with Gasteiger partial charge in [0.2, 0.25) is 0 Å². The quantitative estimate of drug-likeness (QED) is 0.507. The Morgan fingerprint density at radius 1 is 0.769 bits per heavy atom. The number of rotatable bonds is 2. The first-order valence-corrected chi connectivity index (χ1v) is 9.45. The van der Waals surface area contributed by atoms with Crippen LogP contribution < -0.4 is 0 Å². The topological polar surface area (TPSA) is 20.2 Å². The summed E-state index contributed by atoms with van der Waals surface area (Å²) in [5, 5.41) is 11.0. The number of phenolic OH excluding ortho intramolecular Hbond substituents is 1. The van der Waals surface area contributed by atoms with Crippen LogP contribution in [0.2, 0.25) is 10.0 Å². The fourth-order valence-corrected chi connectivity index (χ4v) is 4.21. The minimum Gasteiger partial charge on any atom is -0.508 e. The van der Waals surface area contributed by atoms with Crippen molar-refractivity contribution in [3.05, 3.63) is 99.0 Å². The monoisotopic (exact) mass is 380 g/mol. The molecule has 0 fully saturated rings.